The number of carbonyl (C=O) groups excluding carboxylic acids is 1. The number of ether oxygens (including phenoxy) is 1. The number of halogens is 1. The van der Waals surface area contributed by atoms with Crippen LogP contribution in [0.1, 0.15) is 32.1 Å². The van der Waals surface area contributed by atoms with E-state index in [-0.39, 0.29) is 18.3 Å². The molecule has 1 aromatic rings. The largest absolute Gasteiger partial charge is 0.488 e. The molecule has 2 saturated heterocycles. The van der Waals surface area contributed by atoms with Gasteiger partial charge in [0.05, 0.1) is 6.54 Å². The lowest BCUT2D eigenvalue weighted by atomic mass is 9.91. The van der Waals surface area contributed by atoms with Crippen molar-refractivity contribution in [3.8, 4) is 5.75 Å². The van der Waals surface area contributed by atoms with Crippen LogP contribution in [0.25, 0.3) is 0 Å². The van der Waals surface area contributed by atoms with Crippen molar-refractivity contribution in [2.24, 2.45) is 0 Å². The van der Waals surface area contributed by atoms with Crippen LogP contribution < -0.4 is 4.74 Å². The number of hydrogen-bond acceptors (Lipinski definition) is 4. The third kappa shape index (κ3) is 4.47. The molecular weight excluding hydrogens is 377 g/mol. The maximum atomic E-state index is 13.2. The predicted molar refractivity (Wildman–Crippen MR) is 104 cm³/mol. The Balaban J connectivity index is 1.39. The second-order valence-electron chi connectivity index (χ2n) is 8.18. The van der Waals surface area contributed by atoms with Gasteiger partial charge >= 0.3 is 6.09 Å². The molecular formula is C21H28FN3O4. The fourth-order valence-electron chi connectivity index (χ4n) is 4.52. The van der Waals surface area contributed by atoms with Gasteiger partial charge in [0, 0.05) is 38.6 Å². The molecule has 0 radical (unpaired) electrons. The molecule has 8 heteroatoms. The normalized spacial score (nSPS) is 26.1. The lowest BCUT2D eigenvalue weighted by molar-refractivity contribution is -0.135. The van der Waals surface area contributed by atoms with Gasteiger partial charge in [0.1, 0.15) is 23.7 Å². The molecule has 4 rings (SSSR count). The van der Waals surface area contributed by atoms with Crippen LogP contribution in [0, 0.1) is 5.82 Å². The van der Waals surface area contributed by atoms with Gasteiger partial charge in [0.2, 0.25) is 5.91 Å². The second-order valence-corrected chi connectivity index (χ2v) is 8.18. The first-order valence-electron chi connectivity index (χ1n) is 10.5. The maximum absolute atomic E-state index is 13.2. The van der Waals surface area contributed by atoms with Crippen LogP contribution in [0.15, 0.2) is 24.3 Å². The van der Waals surface area contributed by atoms with E-state index in [2.05, 4.69) is 4.90 Å². The number of rotatable bonds is 4. The van der Waals surface area contributed by atoms with Gasteiger partial charge < -0.3 is 14.7 Å². The van der Waals surface area contributed by atoms with E-state index in [1.54, 1.807) is 0 Å². The number of likely N-dealkylation sites (tertiary alicyclic amines) is 1. The molecule has 7 nitrogen and oxygen atoms in total. The highest BCUT2D eigenvalue weighted by Crippen LogP contribution is 2.27. The molecule has 2 heterocycles. The van der Waals surface area contributed by atoms with E-state index >= 15 is 0 Å². The number of benzene rings is 1. The number of carboxylic acid groups (broad SMARTS) is 1. The van der Waals surface area contributed by atoms with Crippen LogP contribution in [0.2, 0.25) is 0 Å². The molecule has 2 amide bonds. The fraction of sp³-hybridized carbons (Fsp3) is 0.619. The number of nitrogens with zero attached hydrogens (tertiary/aromatic N) is 3. The van der Waals surface area contributed by atoms with Crippen molar-refractivity contribution in [3.63, 3.8) is 0 Å². The van der Waals surface area contributed by atoms with E-state index < -0.39 is 18.2 Å². The average Bonchev–Trinajstić information content (AvgIpc) is 2.93. The van der Waals surface area contributed by atoms with Gasteiger partial charge in [-0.25, -0.2) is 9.18 Å². The van der Waals surface area contributed by atoms with Crippen molar-refractivity contribution >= 4 is 12.0 Å². The Morgan fingerprint density at radius 1 is 1.03 bits per heavy atom. The van der Waals surface area contributed by atoms with Crippen molar-refractivity contribution in [2.45, 2.75) is 50.3 Å². The third-order valence-corrected chi connectivity index (χ3v) is 6.34. The quantitative estimate of drug-likeness (QED) is 0.833. The molecule has 1 saturated carbocycles. The van der Waals surface area contributed by atoms with Crippen molar-refractivity contribution in [1.29, 1.82) is 0 Å². The summed E-state index contributed by atoms with van der Waals surface area (Å²) in [5.74, 6) is -0.0186. The van der Waals surface area contributed by atoms with Crippen LogP contribution in [0.3, 0.4) is 0 Å². The molecule has 0 bridgehead atoms. The summed E-state index contributed by atoms with van der Waals surface area (Å²) in [5.41, 5.74) is 0. The van der Waals surface area contributed by atoms with Crippen molar-refractivity contribution in [1.82, 2.24) is 14.7 Å². The molecule has 1 aliphatic carbocycles. The van der Waals surface area contributed by atoms with Gasteiger partial charge in [-0.2, -0.15) is 0 Å². The van der Waals surface area contributed by atoms with E-state index in [1.807, 2.05) is 4.90 Å². The molecule has 1 N–H and O–H groups in total. The van der Waals surface area contributed by atoms with Crippen LogP contribution >= 0.6 is 0 Å². The summed E-state index contributed by atoms with van der Waals surface area (Å²) >= 11 is 0. The summed E-state index contributed by atoms with van der Waals surface area (Å²) < 4.78 is 18.9. The zero-order chi connectivity index (χ0) is 20.4. The van der Waals surface area contributed by atoms with Crippen LogP contribution in [-0.2, 0) is 4.79 Å². The van der Waals surface area contributed by atoms with E-state index in [0.29, 0.717) is 31.3 Å². The summed E-state index contributed by atoms with van der Waals surface area (Å²) in [6, 6.07) is 5.55. The summed E-state index contributed by atoms with van der Waals surface area (Å²) in [5, 5.41) is 9.60. The summed E-state index contributed by atoms with van der Waals surface area (Å²) in [4.78, 5) is 30.4. The average molecular weight is 405 g/mol. The highest BCUT2D eigenvalue weighted by molar-refractivity contribution is 5.86. The molecule has 1 aromatic carbocycles. The van der Waals surface area contributed by atoms with Crippen molar-refractivity contribution in [3.05, 3.63) is 30.1 Å². The van der Waals surface area contributed by atoms with Crippen LogP contribution in [0.5, 0.6) is 5.75 Å². The van der Waals surface area contributed by atoms with Crippen molar-refractivity contribution < 1.29 is 23.8 Å². The Kier molecular flexibility index (Phi) is 5.89. The van der Waals surface area contributed by atoms with Crippen LogP contribution in [-0.4, -0.2) is 82.7 Å². The first-order chi connectivity index (χ1) is 14.0. The SMILES string of the molecule is O=C([C@@H]1C[C@H](Oc2ccc(F)cc2)CN1C(=O)O)N1CCCN(C2CCC2)CC1. The van der Waals surface area contributed by atoms with Gasteiger partial charge in [-0.05, 0) is 43.5 Å². The third-order valence-electron chi connectivity index (χ3n) is 6.34. The second kappa shape index (κ2) is 8.57. The maximum Gasteiger partial charge on any atom is 0.408 e. The Bertz CT molecular complexity index is 740. The van der Waals surface area contributed by atoms with E-state index in [9.17, 15) is 19.1 Å². The van der Waals surface area contributed by atoms with Gasteiger partial charge in [-0.15, -0.1) is 0 Å². The number of hydrogen-bond donors (Lipinski definition) is 1. The predicted octanol–water partition coefficient (Wildman–Crippen LogP) is 2.41. The molecule has 2 atom stereocenters. The van der Waals surface area contributed by atoms with Crippen LogP contribution in [0.4, 0.5) is 9.18 Å². The molecule has 3 fully saturated rings. The zero-order valence-electron chi connectivity index (χ0n) is 16.5. The molecule has 0 spiro atoms. The summed E-state index contributed by atoms with van der Waals surface area (Å²) in [6.45, 7) is 3.28. The molecule has 2 aliphatic heterocycles. The van der Waals surface area contributed by atoms with Gasteiger partial charge in [-0.3, -0.25) is 14.6 Å². The number of amides is 2. The molecule has 0 unspecified atom stereocenters. The van der Waals surface area contributed by atoms with E-state index in [1.165, 1.54) is 48.4 Å². The molecule has 29 heavy (non-hydrogen) atoms. The first-order valence-corrected chi connectivity index (χ1v) is 10.5. The number of carbonyl (C=O) groups is 2. The first kappa shape index (κ1) is 19.9. The minimum Gasteiger partial charge on any atom is -0.488 e. The minimum atomic E-state index is -1.11. The molecule has 158 valence electrons. The monoisotopic (exact) mass is 405 g/mol. The van der Waals surface area contributed by atoms with Gasteiger partial charge in [0.25, 0.3) is 0 Å². The Morgan fingerprint density at radius 3 is 2.45 bits per heavy atom. The highest BCUT2D eigenvalue weighted by Gasteiger charge is 2.43. The lowest BCUT2D eigenvalue weighted by Crippen LogP contribution is -2.49. The van der Waals surface area contributed by atoms with Crippen molar-refractivity contribution in [2.75, 3.05) is 32.7 Å². The van der Waals surface area contributed by atoms with E-state index in [4.69, 9.17) is 4.74 Å². The smallest absolute Gasteiger partial charge is 0.408 e. The topological polar surface area (TPSA) is 73.3 Å². The summed E-state index contributed by atoms with van der Waals surface area (Å²) in [7, 11) is 0. The highest BCUT2D eigenvalue weighted by atomic mass is 19.1. The van der Waals surface area contributed by atoms with E-state index in [0.717, 1.165) is 19.5 Å². The fourth-order valence-corrected chi connectivity index (χ4v) is 4.52. The zero-order valence-corrected chi connectivity index (χ0v) is 16.5. The van der Waals surface area contributed by atoms with Gasteiger partial charge in [-0.1, -0.05) is 6.42 Å². The lowest BCUT2D eigenvalue weighted by Gasteiger charge is -2.36. The Morgan fingerprint density at radius 2 is 1.79 bits per heavy atom. The molecule has 3 aliphatic rings. The standard InChI is InChI=1S/C21H28FN3O4/c22-15-5-7-17(8-6-15)29-18-13-19(25(14-18)21(27)28)20(26)24-10-2-9-23(11-12-24)16-3-1-4-16/h5-8,16,18-19H,1-4,9-14H2,(H,27,28)/t18-,19-/m0/s1. The minimum absolute atomic E-state index is 0.130. The summed E-state index contributed by atoms with van der Waals surface area (Å²) in [6.07, 6.45) is 3.46. The Labute approximate surface area is 170 Å². The Hall–Kier alpha value is -2.35. The van der Waals surface area contributed by atoms with Gasteiger partial charge in [0.15, 0.2) is 0 Å². The molecule has 0 aromatic heterocycles.